The van der Waals surface area contributed by atoms with Crippen molar-refractivity contribution in [3.63, 3.8) is 0 Å². The maximum Gasteiger partial charge on any atom is 0.340 e. The van der Waals surface area contributed by atoms with Gasteiger partial charge in [0.25, 0.3) is 0 Å². The molecule has 1 aromatic carbocycles. The second-order valence-corrected chi connectivity index (χ2v) is 2.37. The number of hydrogen-bond donors (Lipinski definition) is 4. The molecule has 0 heterocycles. The maximum absolute atomic E-state index is 10.7. The molecule has 76 valence electrons. The maximum atomic E-state index is 10.7. The predicted molar refractivity (Wildman–Crippen MR) is 48.6 cm³/mol. The van der Waals surface area contributed by atoms with Gasteiger partial charge >= 0.3 is 5.97 Å². The van der Waals surface area contributed by atoms with Crippen LogP contribution in [-0.4, -0.2) is 22.1 Å². The Morgan fingerprint density at radius 2 is 1.86 bits per heavy atom. The topological polar surface area (TPSA) is 136 Å². The zero-order chi connectivity index (χ0) is 10.0. The lowest BCUT2D eigenvalue weighted by molar-refractivity contribution is 0.0688. The first-order valence-electron chi connectivity index (χ1n) is 3.39. The third-order valence-electron chi connectivity index (χ3n) is 1.52. The molecule has 0 aliphatic heterocycles. The van der Waals surface area contributed by atoms with Gasteiger partial charge in [-0.15, -0.1) is 0 Å². The SMILES string of the molecule is N.NC(=O)c1cccc(O)c1C(=O)O. The van der Waals surface area contributed by atoms with Crippen LogP contribution in [0, 0.1) is 0 Å². The molecule has 1 amide bonds. The number of carboxylic acids is 1. The highest BCUT2D eigenvalue weighted by Crippen LogP contribution is 2.20. The minimum Gasteiger partial charge on any atom is -0.507 e. The number of primary amides is 1. The van der Waals surface area contributed by atoms with E-state index in [0.717, 1.165) is 0 Å². The van der Waals surface area contributed by atoms with E-state index in [1.165, 1.54) is 18.2 Å². The van der Waals surface area contributed by atoms with Crippen LogP contribution < -0.4 is 11.9 Å². The summed E-state index contributed by atoms with van der Waals surface area (Å²) in [6, 6.07) is 3.77. The summed E-state index contributed by atoms with van der Waals surface area (Å²) in [5.41, 5.74) is 4.24. The molecule has 1 aromatic rings. The molecule has 0 bridgehead atoms. The van der Waals surface area contributed by atoms with Gasteiger partial charge in [-0.2, -0.15) is 0 Å². The van der Waals surface area contributed by atoms with E-state index in [9.17, 15) is 9.59 Å². The van der Waals surface area contributed by atoms with Gasteiger partial charge in [0.15, 0.2) is 0 Å². The fraction of sp³-hybridized carbons (Fsp3) is 0. The van der Waals surface area contributed by atoms with Crippen LogP contribution in [0.4, 0.5) is 0 Å². The van der Waals surface area contributed by atoms with Crippen molar-refractivity contribution in [3.8, 4) is 5.75 Å². The van der Waals surface area contributed by atoms with Crippen molar-refractivity contribution in [2.45, 2.75) is 0 Å². The number of carboxylic acid groups (broad SMARTS) is 1. The Bertz CT molecular complexity index is 376. The lowest BCUT2D eigenvalue weighted by atomic mass is 10.1. The van der Waals surface area contributed by atoms with Gasteiger partial charge in [0.2, 0.25) is 5.91 Å². The lowest BCUT2D eigenvalue weighted by Gasteiger charge is -2.03. The Kier molecular flexibility index (Phi) is 3.61. The molecule has 0 saturated carbocycles. The molecule has 14 heavy (non-hydrogen) atoms. The standard InChI is InChI=1S/C8H7NO4.H3N/c9-7(11)4-2-1-3-5(10)6(4)8(12)13;/h1-3,10H,(H2,9,11)(H,12,13);1H3. The fourth-order valence-corrected chi connectivity index (χ4v) is 0.970. The Morgan fingerprint density at radius 3 is 2.21 bits per heavy atom. The van der Waals surface area contributed by atoms with Crippen LogP contribution in [0.25, 0.3) is 0 Å². The fourth-order valence-electron chi connectivity index (χ4n) is 0.970. The predicted octanol–water partition coefficient (Wildman–Crippen LogP) is 0.351. The van der Waals surface area contributed by atoms with E-state index in [1.807, 2.05) is 0 Å². The van der Waals surface area contributed by atoms with Gasteiger partial charge in [-0.1, -0.05) is 6.07 Å². The molecule has 0 spiro atoms. The molecule has 7 N–H and O–H groups in total. The number of benzene rings is 1. The van der Waals surface area contributed by atoms with E-state index in [-0.39, 0.29) is 11.7 Å². The molecular weight excluding hydrogens is 188 g/mol. The summed E-state index contributed by atoms with van der Waals surface area (Å²) < 4.78 is 0. The average molecular weight is 198 g/mol. The molecular formula is C8H10N2O4. The monoisotopic (exact) mass is 198 g/mol. The van der Waals surface area contributed by atoms with Crippen LogP contribution in [-0.2, 0) is 0 Å². The molecule has 6 heteroatoms. The molecule has 0 atom stereocenters. The molecule has 0 aliphatic rings. The van der Waals surface area contributed by atoms with Gasteiger partial charge in [-0.25, -0.2) is 4.79 Å². The number of phenols is 1. The summed E-state index contributed by atoms with van der Waals surface area (Å²) in [7, 11) is 0. The van der Waals surface area contributed by atoms with E-state index in [1.54, 1.807) is 0 Å². The van der Waals surface area contributed by atoms with Crippen molar-refractivity contribution in [1.29, 1.82) is 0 Å². The normalized spacial score (nSPS) is 8.86. The summed E-state index contributed by atoms with van der Waals surface area (Å²) in [5, 5.41) is 17.7. The Morgan fingerprint density at radius 1 is 1.29 bits per heavy atom. The van der Waals surface area contributed by atoms with Gasteiger partial charge in [-0.3, -0.25) is 4.79 Å². The van der Waals surface area contributed by atoms with Crippen molar-refractivity contribution in [2.24, 2.45) is 5.73 Å². The van der Waals surface area contributed by atoms with Gasteiger partial charge in [-0.05, 0) is 12.1 Å². The first kappa shape index (κ1) is 11.9. The summed E-state index contributed by atoms with van der Waals surface area (Å²) >= 11 is 0. The number of carbonyl (C=O) groups is 2. The van der Waals surface area contributed by atoms with Gasteiger partial charge in [0, 0.05) is 0 Å². The van der Waals surface area contributed by atoms with E-state index in [0.29, 0.717) is 0 Å². The van der Waals surface area contributed by atoms with Gasteiger partial charge in [0.05, 0.1) is 5.56 Å². The smallest absolute Gasteiger partial charge is 0.340 e. The van der Waals surface area contributed by atoms with Crippen molar-refractivity contribution >= 4 is 11.9 Å². The quantitative estimate of drug-likeness (QED) is 0.543. The first-order valence-corrected chi connectivity index (χ1v) is 3.39. The van der Waals surface area contributed by atoms with E-state index in [2.05, 4.69) is 0 Å². The zero-order valence-corrected chi connectivity index (χ0v) is 7.23. The third kappa shape index (κ3) is 1.99. The number of amides is 1. The minimum atomic E-state index is -1.38. The number of aromatic hydroxyl groups is 1. The molecule has 0 aromatic heterocycles. The molecule has 0 fully saturated rings. The number of rotatable bonds is 2. The van der Waals surface area contributed by atoms with E-state index < -0.39 is 23.2 Å². The summed E-state index contributed by atoms with van der Waals surface area (Å²) in [6.07, 6.45) is 0. The van der Waals surface area contributed by atoms with Gasteiger partial charge in [0.1, 0.15) is 11.3 Å². The highest BCUT2D eigenvalue weighted by Gasteiger charge is 2.17. The molecule has 0 aliphatic carbocycles. The van der Waals surface area contributed by atoms with Crippen molar-refractivity contribution in [3.05, 3.63) is 29.3 Å². The number of aromatic carboxylic acids is 1. The zero-order valence-electron chi connectivity index (χ0n) is 7.23. The van der Waals surface area contributed by atoms with Crippen LogP contribution in [0.2, 0.25) is 0 Å². The molecule has 6 nitrogen and oxygen atoms in total. The number of carbonyl (C=O) groups excluding carboxylic acids is 1. The number of hydrogen-bond acceptors (Lipinski definition) is 4. The third-order valence-corrected chi connectivity index (χ3v) is 1.52. The second kappa shape index (κ2) is 4.24. The van der Waals surface area contributed by atoms with Crippen LogP contribution in [0.5, 0.6) is 5.75 Å². The molecule has 0 unspecified atom stereocenters. The highest BCUT2D eigenvalue weighted by molar-refractivity contribution is 6.05. The highest BCUT2D eigenvalue weighted by atomic mass is 16.4. The van der Waals surface area contributed by atoms with E-state index in [4.69, 9.17) is 15.9 Å². The Hall–Kier alpha value is -2.08. The molecule has 0 saturated heterocycles. The van der Waals surface area contributed by atoms with Crippen LogP contribution >= 0.6 is 0 Å². The van der Waals surface area contributed by atoms with E-state index >= 15 is 0 Å². The van der Waals surface area contributed by atoms with Crippen LogP contribution in [0.15, 0.2) is 18.2 Å². The summed E-state index contributed by atoms with van der Waals surface area (Å²) in [6.45, 7) is 0. The van der Waals surface area contributed by atoms with Crippen molar-refractivity contribution in [2.75, 3.05) is 0 Å². The minimum absolute atomic E-state index is 0. The second-order valence-electron chi connectivity index (χ2n) is 2.37. The summed E-state index contributed by atoms with van der Waals surface area (Å²) in [4.78, 5) is 21.3. The van der Waals surface area contributed by atoms with Crippen molar-refractivity contribution in [1.82, 2.24) is 6.15 Å². The van der Waals surface area contributed by atoms with Crippen LogP contribution in [0.1, 0.15) is 20.7 Å². The lowest BCUT2D eigenvalue weighted by Crippen LogP contribution is -2.16. The number of nitrogens with two attached hydrogens (primary N) is 1. The Balaban J connectivity index is 0.00000169. The molecule has 1 rings (SSSR count). The largest absolute Gasteiger partial charge is 0.507 e. The molecule has 0 radical (unpaired) electrons. The van der Waals surface area contributed by atoms with Crippen molar-refractivity contribution < 1.29 is 19.8 Å². The Labute approximate surface area is 79.5 Å². The average Bonchev–Trinajstić information content (AvgIpc) is 2.02. The first-order chi connectivity index (χ1) is 6.04. The van der Waals surface area contributed by atoms with Gasteiger partial charge < -0.3 is 22.1 Å². The summed E-state index contributed by atoms with van der Waals surface area (Å²) in [5.74, 6) is -2.73. The van der Waals surface area contributed by atoms with Crippen LogP contribution in [0.3, 0.4) is 0 Å².